The molecular formula is C17H24ClN2O. The summed E-state index contributed by atoms with van der Waals surface area (Å²) in [6, 6.07) is 7.06. The van der Waals surface area contributed by atoms with Crippen molar-refractivity contribution >= 4 is 17.5 Å². The van der Waals surface area contributed by atoms with Crippen molar-refractivity contribution in [3.63, 3.8) is 0 Å². The summed E-state index contributed by atoms with van der Waals surface area (Å²) in [5, 5.41) is 3.55. The summed E-state index contributed by atoms with van der Waals surface area (Å²) in [6.07, 6.45) is 8.25. The van der Waals surface area contributed by atoms with Crippen LogP contribution >= 0.6 is 11.6 Å². The number of carbonyl (C=O) groups excluding carboxylic acids is 1. The zero-order chi connectivity index (χ0) is 14.9. The Hall–Kier alpha value is -1.06. The number of piperidine rings is 1. The number of carbonyl (C=O) groups is 1. The molecule has 1 aliphatic heterocycles. The van der Waals surface area contributed by atoms with Crippen molar-refractivity contribution in [3.8, 4) is 0 Å². The number of halogens is 1. The van der Waals surface area contributed by atoms with Gasteiger partial charge in [0, 0.05) is 17.1 Å². The molecule has 1 aromatic rings. The van der Waals surface area contributed by atoms with E-state index in [1.165, 1.54) is 38.9 Å². The third-order valence-corrected chi connectivity index (χ3v) is 4.06. The number of rotatable bonds is 7. The van der Waals surface area contributed by atoms with Crippen molar-refractivity contribution in [1.29, 1.82) is 0 Å². The Morgan fingerprint density at radius 2 is 2.00 bits per heavy atom. The summed E-state index contributed by atoms with van der Waals surface area (Å²) < 4.78 is 0. The van der Waals surface area contributed by atoms with E-state index < -0.39 is 0 Å². The average molecular weight is 308 g/mol. The Balaban J connectivity index is 1.54. The summed E-state index contributed by atoms with van der Waals surface area (Å²) in [6.45, 7) is 4.35. The number of nitrogens with zero attached hydrogens (tertiary/aromatic N) is 1. The molecule has 0 atom stereocenters. The Morgan fingerprint density at radius 1 is 1.19 bits per heavy atom. The average Bonchev–Trinajstić information content (AvgIpc) is 2.51. The predicted octanol–water partition coefficient (Wildman–Crippen LogP) is 3.54. The van der Waals surface area contributed by atoms with Crippen LogP contribution in [0.5, 0.6) is 0 Å². The van der Waals surface area contributed by atoms with E-state index >= 15 is 0 Å². The molecule has 0 unspecified atom stereocenters. The quantitative estimate of drug-likeness (QED) is 0.781. The maximum Gasteiger partial charge on any atom is 0.251 e. The fourth-order valence-corrected chi connectivity index (χ4v) is 2.79. The molecule has 0 saturated carbocycles. The highest BCUT2D eigenvalue weighted by molar-refractivity contribution is 6.30. The number of hydrogen-bond donors (Lipinski definition) is 1. The molecule has 1 saturated heterocycles. The topological polar surface area (TPSA) is 32.3 Å². The van der Waals surface area contributed by atoms with E-state index in [2.05, 4.69) is 16.6 Å². The highest BCUT2D eigenvalue weighted by Crippen LogP contribution is 2.11. The van der Waals surface area contributed by atoms with Gasteiger partial charge in [-0.25, -0.2) is 0 Å². The lowest BCUT2D eigenvalue weighted by Crippen LogP contribution is -2.31. The molecule has 21 heavy (non-hydrogen) atoms. The first-order valence-electron chi connectivity index (χ1n) is 7.83. The van der Waals surface area contributed by atoms with Crippen LogP contribution in [-0.4, -0.2) is 37.0 Å². The van der Waals surface area contributed by atoms with Gasteiger partial charge >= 0.3 is 0 Å². The molecule has 1 heterocycles. The van der Waals surface area contributed by atoms with Gasteiger partial charge in [0.1, 0.15) is 0 Å². The second kappa shape index (κ2) is 9.06. The van der Waals surface area contributed by atoms with Gasteiger partial charge in [0.25, 0.3) is 5.91 Å². The highest BCUT2D eigenvalue weighted by Gasteiger charge is 2.09. The van der Waals surface area contributed by atoms with Crippen molar-refractivity contribution in [3.05, 3.63) is 41.3 Å². The minimum absolute atomic E-state index is 0.0379. The van der Waals surface area contributed by atoms with Gasteiger partial charge in [-0.15, -0.1) is 0 Å². The van der Waals surface area contributed by atoms with E-state index in [0.717, 1.165) is 19.4 Å². The summed E-state index contributed by atoms with van der Waals surface area (Å²) in [4.78, 5) is 14.4. The second-order valence-electron chi connectivity index (χ2n) is 5.53. The molecule has 1 N–H and O–H groups in total. The van der Waals surface area contributed by atoms with Crippen LogP contribution in [0.2, 0.25) is 5.02 Å². The lowest BCUT2D eigenvalue weighted by Gasteiger charge is -2.26. The number of benzene rings is 1. The molecule has 1 aliphatic rings. The number of amides is 1. The first-order valence-corrected chi connectivity index (χ1v) is 8.21. The zero-order valence-electron chi connectivity index (χ0n) is 12.5. The zero-order valence-corrected chi connectivity index (χ0v) is 13.2. The molecule has 0 bridgehead atoms. The molecule has 2 rings (SSSR count). The minimum Gasteiger partial charge on any atom is -0.352 e. The number of likely N-dealkylation sites (tertiary alicyclic amines) is 1. The van der Waals surface area contributed by atoms with Gasteiger partial charge in [-0.05, 0) is 69.9 Å². The smallest absolute Gasteiger partial charge is 0.251 e. The van der Waals surface area contributed by atoms with E-state index in [4.69, 9.17) is 11.6 Å². The van der Waals surface area contributed by atoms with Crippen LogP contribution in [0, 0.1) is 6.42 Å². The van der Waals surface area contributed by atoms with Crippen LogP contribution in [0.15, 0.2) is 24.3 Å². The molecule has 0 aliphatic carbocycles. The fraction of sp³-hybridized carbons (Fsp3) is 0.529. The Morgan fingerprint density at radius 3 is 2.76 bits per heavy atom. The van der Waals surface area contributed by atoms with Gasteiger partial charge in [-0.1, -0.05) is 24.1 Å². The lowest BCUT2D eigenvalue weighted by atomic mass is 10.1. The molecule has 1 fully saturated rings. The van der Waals surface area contributed by atoms with Crippen LogP contribution in [0.3, 0.4) is 0 Å². The largest absolute Gasteiger partial charge is 0.352 e. The van der Waals surface area contributed by atoms with Crippen molar-refractivity contribution in [2.75, 3.05) is 26.2 Å². The van der Waals surface area contributed by atoms with Crippen molar-refractivity contribution in [2.24, 2.45) is 0 Å². The van der Waals surface area contributed by atoms with Crippen LogP contribution in [-0.2, 0) is 0 Å². The molecule has 3 nitrogen and oxygen atoms in total. The molecule has 1 aromatic carbocycles. The molecule has 1 radical (unpaired) electrons. The van der Waals surface area contributed by atoms with Crippen molar-refractivity contribution in [1.82, 2.24) is 10.2 Å². The molecular weight excluding hydrogens is 284 g/mol. The standard InChI is InChI=1S/C17H24ClN2O/c18-16-9-7-8-15(14-16)17(21)19-10-3-1-4-11-20-12-5-2-6-13-20/h2,7-9,14H,1,3-6,10-13H2,(H,19,21). The third kappa shape index (κ3) is 6.06. The van der Waals surface area contributed by atoms with Gasteiger partial charge < -0.3 is 10.2 Å². The van der Waals surface area contributed by atoms with Crippen LogP contribution in [0.4, 0.5) is 0 Å². The van der Waals surface area contributed by atoms with E-state index in [0.29, 0.717) is 10.6 Å². The van der Waals surface area contributed by atoms with Crippen molar-refractivity contribution in [2.45, 2.75) is 32.1 Å². The SMILES string of the molecule is O=C(NCCCCCN1CC[CH]CC1)c1cccc(Cl)c1. The van der Waals surface area contributed by atoms with Gasteiger partial charge in [-0.3, -0.25) is 4.79 Å². The summed E-state index contributed by atoms with van der Waals surface area (Å²) in [7, 11) is 0. The Labute approximate surface area is 132 Å². The van der Waals surface area contributed by atoms with E-state index in [1.54, 1.807) is 24.3 Å². The Kier molecular flexibility index (Phi) is 7.04. The maximum absolute atomic E-state index is 11.9. The molecule has 4 heteroatoms. The lowest BCUT2D eigenvalue weighted by molar-refractivity contribution is 0.0953. The summed E-state index contributed by atoms with van der Waals surface area (Å²) in [5.41, 5.74) is 0.632. The van der Waals surface area contributed by atoms with Gasteiger partial charge in [-0.2, -0.15) is 0 Å². The van der Waals surface area contributed by atoms with Crippen LogP contribution < -0.4 is 5.32 Å². The minimum atomic E-state index is -0.0379. The predicted molar refractivity (Wildman–Crippen MR) is 87.6 cm³/mol. The van der Waals surface area contributed by atoms with Crippen molar-refractivity contribution < 1.29 is 4.79 Å². The monoisotopic (exact) mass is 307 g/mol. The second-order valence-corrected chi connectivity index (χ2v) is 5.97. The fourth-order valence-electron chi connectivity index (χ4n) is 2.60. The first-order chi connectivity index (χ1) is 10.3. The molecule has 1 amide bonds. The first kappa shape index (κ1) is 16.3. The van der Waals surface area contributed by atoms with Crippen LogP contribution in [0.25, 0.3) is 0 Å². The highest BCUT2D eigenvalue weighted by atomic mass is 35.5. The van der Waals surface area contributed by atoms with E-state index in [-0.39, 0.29) is 5.91 Å². The molecule has 115 valence electrons. The third-order valence-electron chi connectivity index (χ3n) is 3.82. The number of nitrogens with one attached hydrogen (secondary N) is 1. The molecule has 0 aromatic heterocycles. The van der Waals surface area contributed by atoms with Gasteiger partial charge in [0.2, 0.25) is 0 Å². The van der Waals surface area contributed by atoms with Crippen LogP contribution in [0.1, 0.15) is 42.5 Å². The normalized spacial score (nSPS) is 15.9. The van der Waals surface area contributed by atoms with E-state index in [9.17, 15) is 4.79 Å². The van der Waals surface area contributed by atoms with Gasteiger partial charge in [0.05, 0.1) is 0 Å². The molecule has 0 spiro atoms. The summed E-state index contributed by atoms with van der Waals surface area (Å²) in [5.74, 6) is -0.0379. The van der Waals surface area contributed by atoms with E-state index in [1.807, 2.05) is 0 Å². The van der Waals surface area contributed by atoms with Gasteiger partial charge in [0.15, 0.2) is 0 Å². The Bertz CT molecular complexity index is 444. The maximum atomic E-state index is 11.9. The number of hydrogen-bond acceptors (Lipinski definition) is 2. The summed E-state index contributed by atoms with van der Waals surface area (Å²) >= 11 is 5.88. The number of unbranched alkanes of at least 4 members (excludes halogenated alkanes) is 2.